The molecule has 0 spiro atoms. The average molecular weight is 438 g/mol. The summed E-state index contributed by atoms with van der Waals surface area (Å²) in [5, 5.41) is 32.4. The van der Waals surface area contributed by atoms with Crippen LogP contribution < -0.4 is 22.1 Å². The predicted octanol–water partition coefficient (Wildman–Crippen LogP) is -0.690. The molecule has 0 aromatic heterocycles. The van der Waals surface area contributed by atoms with Crippen LogP contribution in [0.15, 0.2) is 24.3 Å². The van der Waals surface area contributed by atoms with Gasteiger partial charge in [-0.25, -0.2) is 4.79 Å². The molecule has 1 rings (SSSR count). The Balaban J connectivity index is 2.92. The fraction of sp³-hybridized carbons (Fsp3) is 0.500. The number of rotatable bonds is 14. The molecule has 0 unspecified atom stereocenters. The number of nitrogens with one attached hydrogen (secondary N) is 2. The number of nitrogens with two attached hydrogens (primary N) is 2. The van der Waals surface area contributed by atoms with Crippen molar-refractivity contribution >= 4 is 23.8 Å². The average Bonchev–Trinajstić information content (AvgIpc) is 2.71. The van der Waals surface area contributed by atoms with E-state index >= 15 is 0 Å². The zero-order valence-electron chi connectivity index (χ0n) is 17.1. The number of hydrogen-bond acceptors (Lipinski definition) is 7. The highest BCUT2D eigenvalue weighted by atomic mass is 16.4. The summed E-state index contributed by atoms with van der Waals surface area (Å²) < 4.78 is 0. The minimum Gasteiger partial charge on any atom is -0.508 e. The number of benzene rings is 1. The number of amides is 2. The number of phenols is 1. The van der Waals surface area contributed by atoms with E-state index in [9.17, 15) is 29.4 Å². The number of carbonyl (C=O) groups excluding carboxylic acids is 2. The van der Waals surface area contributed by atoms with Crippen molar-refractivity contribution in [3.63, 3.8) is 0 Å². The smallest absolute Gasteiger partial charge is 0.326 e. The molecule has 0 radical (unpaired) electrons. The largest absolute Gasteiger partial charge is 0.508 e. The van der Waals surface area contributed by atoms with Crippen LogP contribution in [0.2, 0.25) is 0 Å². The molecule has 172 valence electrons. The summed E-state index contributed by atoms with van der Waals surface area (Å²) >= 11 is 0. The Kier molecular flexibility index (Phi) is 11.0. The minimum absolute atomic E-state index is 0.0125. The predicted molar refractivity (Wildman–Crippen MR) is 111 cm³/mol. The molecule has 0 saturated carbocycles. The normalized spacial score (nSPS) is 13.6. The third-order valence-electron chi connectivity index (χ3n) is 4.58. The maximum atomic E-state index is 12.8. The van der Waals surface area contributed by atoms with E-state index < -0.39 is 41.9 Å². The number of phenolic OH excluding ortho intramolecular Hbond substituents is 1. The van der Waals surface area contributed by atoms with Gasteiger partial charge in [-0.3, -0.25) is 14.4 Å². The summed E-state index contributed by atoms with van der Waals surface area (Å²) in [5.74, 6) is -3.74. The van der Waals surface area contributed by atoms with Gasteiger partial charge >= 0.3 is 11.9 Å². The van der Waals surface area contributed by atoms with E-state index in [2.05, 4.69) is 10.6 Å². The standard InChI is InChI=1S/C20H30N4O7/c21-10-2-1-3-15(20(30)31)23-19(29)16(11-12-4-6-13(25)7-5-12)24-18(28)14(22)8-9-17(26)27/h4-7,14-16,25H,1-3,8-11,21-22H2,(H,23,29)(H,24,28)(H,26,27)(H,30,31)/t14-,15+,16-/m1/s1. The fourth-order valence-electron chi connectivity index (χ4n) is 2.79. The molecule has 0 aliphatic carbocycles. The van der Waals surface area contributed by atoms with Crippen molar-refractivity contribution in [3.05, 3.63) is 29.8 Å². The summed E-state index contributed by atoms with van der Waals surface area (Å²) in [6.45, 7) is 0.397. The van der Waals surface area contributed by atoms with Gasteiger partial charge in [0.15, 0.2) is 0 Å². The Labute approximate surface area is 179 Å². The van der Waals surface area contributed by atoms with E-state index in [-0.39, 0.29) is 31.4 Å². The maximum absolute atomic E-state index is 12.8. The van der Waals surface area contributed by atoms with Gasteiger partial charge in [0, 0.05) is 12.8 Å². The Bertz CT molecular complexity index is 754. The zero-order valence-corrected chi connectivity index (χ0v) is 17.1. The van der Waals surface area contributed by atoms with Gasteiger partial charge in [-0.2, -0.15) is 0 Å². The van der Waals surface area contributed by atoms with Crippen LogP contribution in [-0.4, -0.2) is 63.7 Å². The second kappa shape index (κ2) is 13.2. The molecule has 0 bridgehead atoms. The van der Waals surface area contributed by atoms with Crippen LogP contribution >= 0.6 is 0 Å². The summed E-state index contributed by atoms with van der Waals surface area (Å²) in [6.07, 6.45) is 0.862. The molecule has 31 heavy (non-hydrogen) atoms. The van der Waals surface area contributed by atoms with Crippen molar-refractivity contribution in [1.82, 2.24) is 10.6 Å². The molecule has 9 N–H and O–H groups in total. The van der Waals surface area contributed by atoms with E-state index in [1.807, 2.05) is 0 Å². The second-order valence-electron chi connectivity index (χ2n) is 7.15. The van der Waals surface area contributed by atoms with Crippen molar-refractivity contribution in [3.8, 4) is 5.75 Å². The van der Waals surface area contributed by atoms with Crippen molar-refractivity contribution in [1.29, 1.82) is 0 Å². The molecular formula is C20H30N4O7. The first-order chi connectivity index (χ1) is 14.6. The highest BCUT2D eigenvalue weighted by Gasteiger charge is 2.28. The Morgan fingerprint density at radius 3 is 2.06 bits per heavy atom. The maximum Gasteiger partial charge on any atom is 0.326 e. The van der Waals surface area contributed by atoms with E-state index in [1.165, 1.54) is 12.1 Å². The van der Waals surface area contributed by atoms with E-state index in [0.717, 1.165) is 0 Å². The van der Waals surface area contributed by atoms with Crippen molar-refractivity contribution in [2.45, 2.75) is 56.7 Å². The van der Waals surface area contributed by atoms with Crippen molar-refractivity contribution < 1.29 is 34.5 Å². The van der Waals surface area contributed by atoms with Gasteiger partial charge in [-0.1, -0.05) is 12.1 Å². The molecular weight excluding hydrogens is 408 g/mol. The topological polar surface area (TPSA) is 205 Å². The van der Waals surface area contributed by atoms with Crippen LogP contribution in [0.25, 0.3) is 0 Å². The highest BCUT2D eigenvalue weighted by Crippen LogP contribution is 2.12. The molecule has 1 aromatic rings. The van der Waals surface area contributed by atoms with Crippen LogP contribution in [0.5, 0.6) is 5.75 Å². The van der Waals surface area contributed by atoms with E-state index in [4.69, 9.17) is 16.6 Å². The lowest BCUT2D eigenvalue weighted by Crippen LogP contribution is -2.55. The Morgan fingerprint density at radius 2 is 1.52 bits per heavy atom. The third kappa shape index (κ3) is 9.92. The summed E-state index contributed by atoms with van der Waals surface area (Å²) in [4.78, 5) is 47.3. The van der Waals surface area contributed by atoms with Crippen LogP contribution in [-0.2, 0) is 25.6 Å². The van der Waals surface area contributed by atoms with Crippen molar-refractivity contribution in [2.24, 2.45) is 11.5 Å². The van der Waals surface area contributed by atoms with Gasteiger partial charge in [0.2, 0.25) is 11.8 Å². The van der Waals surface area contributed by atoms with Gasteiger partial charge in [0.05, 0.1) is 6.04 Å². The van der Waals surface area contributed by atoms with Gasteiger partial charge in [0.1, 0.15) is 17.8 Å². The first-order valence-corrected chi connectivity index (χ1v) is 9.93. The lowest BCUT2D eigenvalue weighted by Gasteiger charge is -2.23. The summed E-state index contributed by atoms with van der Waals surface area (Å²) in [5.41, 5.74) is 11.7. The molecule has 0 aliphatic rings. The van der Waals surface area contributed by atoms with Crippen LogP contribution in [0, 0.1) is 0 Å². The summed E-state index contributed by atoms with van der Waals surface area (Å²) in [7, 11) is 0. The highest BCUT2D eigenvalue weighted by molar-refractivity contribution is 5.92. The molecule has 11 heteroatoms. The third-order valence-corrected chi connectivity index (χ3v) is 4.58. The first-order valence-electron chi connectivity index (χ1n) is 9.93. The number of unbranched alkanes of at least 4 members (excludes halogenated alkanes) is 1. The van der Waals surface area contributed by atoms with E-state index in [0.29, 0.717) is 24.9 Å². The number of carboxylic acids is 2. The molecule has 0 saturated heterocycles. The number of carbonyl (C=O) groups is 4. The number of carboxylic acid groups (broad SMARTS) is 2. The van der Waals surface area contributed by atoms with Gasteiger partial charge < -0.3 is 37.4 Å². The molecule has 3 atom stereocenters. The number of aromatic hydroxyl groups is 1. The fourth-order valence-corrected chi connectivity index (χ4v) is 2.79. The zero-order chi connectivity index (χ0) is 23.4. The molecule has 1 aromatic carbocycles. The molecule has 2 amide bonds. The van der Waals surface area contributed by atoms with Gasteiger partial charge in [0.25, 0.3) is 0 Å². The van der Waals surface area contributed by atoms with Crippen LogP contribution in [0.1, 0.15) is 37.7 Å². The monoisotopic (exact) mass is 438 g/mol. The molecule has 0 fully saturated rings. The minimum atomic E-state index is -1.21. The lowest BCUT2D eigenvalue weighted by atomic mass is 10.0. The molecule has 0 heterocycles. The van der Waals surface area contributed by atoms with Crippen LogP contribution in [0.4, 0.5) is 0 Å². The van der Waals surface area contributed by atoms with E-state index in [1.54, 1.807) is 12.1 Å². The quantitative estimate of drug-likeness (QED) is 0.183. The Hall–Kier alpha value is -3.18. The molecule has 11 nitrogen and oxygen atoms in total. The van der Waals surface area contributed by atoms with Crippen molar-refractivity contribution in [2.75, 3.05) is 6.54 Å². The SMILES string of the molecule is NCCCC[C@H](NC(=O)[C@@H](Cc1ccc(O)cc1)NC(=O)[C@H](N)CCC(=O)O)C(=O)O. The Morgan fingerprint density at radius 1 is 0.903 bits per heavy atom. The van der Waals surface area contributed by atoms with Gasteiger partial charge in [-0.05, 0) is 49.9 Å². The lowest BCUT2D eigenvalue weighted by molar-refractivity contribution is -0.142. The van der Waals surface area contributed by atoms with Gasteiger partial charge in [-0.15, -0.1) is 0 Å². The second-order valence-corrected chi connectivity index (χ2v) is 7.15. The molecule has 0 aliphatic heterocycles. The first kappa shape index (κ1) is 25.9. The van der Waals surface area contributed by atoms with Crippen LogP contribution in [0.3, 0.4) is 0 Å². The number of aliphatic carboxylic acids is 2. The summed E-state index contributed by atoms with van der Waals surface area (Å²) in [6, 6.07) is 2.49. The number of hydrogen-bond donors (Lipinski definition) is 7.